The lowest BCUT2D eigenvalue weighted by Crippen LogP contribution is -2.14. The Balaban J connectivity index is 1.47. The minimum Gasteiger partial charge on any atom is -0.443 e. The van der Waals surface area contributed by atoms with E-state index in [0.29, 0.717) is 11.5 Å². The second-order valence-corrected chi connectivity index (χ2v) is 6.30. The van der Waals surface area contributed by atoms with Crippen LogP contribution in [0.15, 0.2) is 51.9 Å². The van der Waals surface area contributed by atoms with E-state index in [1.54, 1.807) is 0 Å². The fourth-order valence-corrected chi connectivity index (χ4v) is 2.69. The maximum atomic E-state index is 12.6. The van der Waals surface area contributed by atoms with E-state index >= 15 is 0 Å². The van der Waals surface area contributed by atoms with Crippen molar-refractivity contribution in [3.8, 4) is 11.3 Å². The molecule has 0 bridgehead atoms. The summed E-state index contributed by atoms with van der Waals surface area (Å²) < 4.78 is 10.7. The van der Waals surface area contributed by atoms with Gasteiger partial charge in [-0.05, 0) is 13.0 Å². The molecule has 4 aromatic rings. The molecular weight excluding hydrogens is 376 g/mol. The Morgan fingerprint density at radius 2 is 2.07 bits per heavy atom. The van der Waals surface area contributed by atoms with Crippen LogP contribution in [-0.2, 0) is 6.54 Å². The third-order valence-electron chi connectivity index (χ3n) is 3.99. The molecule has 29 heavy (non-hydrogen) atoms. The van der Waals surface area contributed by atoms with Gasteiger partial charge in [0.25, 0.3) is 11.8 Å². The third-order valence-corrected chi connectivity index (χ3v) is 3.99. The first kappa shape index (κ1) is 18.3. The van der Waals surface area contributed by atoms with Crippen molar-refractivity contribution in [1.82, 2.24) is 25.0 Å². The number of rotatable bonds is 6. The molecule has 0 spiro atoms. The molecule has 10 heteroatoms. The lowest BCUT2D eigenvalue weighted by Gasteiger charge is -2.02. The quantitative estimate of drug-likeness (QED) is 0.496. The normalized spacial score (nSPS) is 10.8. The fraction of sp³-hybridized carbons (Fsp3) is 0.158. The summed E-state index contributed by atoms with van der Waals surface area (Å²) in [4.78, 5) is 33.1. The molecule has 10 nitrogen and oxygen atoms in total. The molecule has 3 heterocycles. The van der Waals surface area contributed by atoms with E-state index in [1.807, 2.05) is 31.2 Å². The molecule has 1 amide bonds. The summed E-state index contributed by atoms with van der Waals surface area (Å²) in [5.41, 5.74) is 1.93. The first-order valence-electron chi connectivity index (χ1n) is 8.67. The molecule has 0 saturated heterocycles. The minimum atomic E-state index is -0.471. The summed E-state index contributed by atoms with van der Waals surface area (Å²) >= 11 is 0. The number of anilines is 1. The monoisotopic (exact) mass is 392 g/mol. The van der Waals surface area contributed by atoms with E-state index in [2.05, 4.69) is 25.5 Å². The van der Waals surface area contributed by atoms with Gasteiger partial charge in [-0.25, -0.2) is 9.97 Å². The SMILES string of the molecule is CC(=O)c1ncc(Cn2ncc(NC(=O)c3ncoc3-c3cccc(C)c3)n2)o1. The molecule has 0 aliphatic carbocycles. The van der Waals surface area contributed by atoms with E-state index in [1.165, 1.54) is 30.5 Å². The highest BCUT2D eigenvalue weighted by Crippen LogP contribution is 2.24. The van der Waals surface area contributed by atoms with Crippen molar-refractivity contribution in [2.75, 3.05) is 5.32 Å². The van der Waals surface area contributed by atoms with Gasteiger partial charge >= 0.3 is 0 Å². The van der Waals surface area contributed by atoms with Crippen LogP contribution in [-0.4, -0.2) is 36.7 Å². The molecule has 0 fully saturated rings. The number of oxazole rings is 2. The number of carbonyl (C=O) groups is 2. The third kappa shape index (κ3) is 3.95. The number of nitrogens with one attached hydrogen (secondary N) is 1. The predicted octanol–water partition coefficient (Wildman–Crippen LogP) is 2.73. The van der Waals surface area contributed by atoms with E-state index < -0.39 is 5.91 Å². The van der Waals surface area contributed by atoms with Crippen molar-refractivity contribution in [1.29, 1.82) is 0 Å². The van der Waals surface area contributed by atoms with Crippen molar-refractivity contribution in [3.63, 3.8) is 0 Å². The summed E-state index contributed by atoms with van der Waals surface area (Å²) in [6.45, 7) is 3.48. The van der Waals surface area contributed by atoms with Crippen LogP contribution >= 0.6 is 0 Å². The number of hydrogen-bond donors (Lipinski definition) is 1. The summed E-state index contributed by atoms with van der Waals surface area (Å²) in [5, 5.41) is 10.9. The number of ketones is 1. The zero-order valence-electron chi connectivity index (χ0n) is 15.6. The summed E-state index contributed by atoms with van der Waals surface area (Å²) in [6.07, 6.45) is 4.05. The number of Topliss-reactive ketones (excluding diaryl/α,β-unsaturated/α-hetero) is 1. The summed E-state index contributed by atoms with van der Waals surface area (Å²) in [6, 6.07) is 7.57. The summed E-state index contributed by atoms with van der Waals surface area (Å²) in [7, 11) is 0. The average molecular weight is 392 g/mol. The maximum absolute atomic E-state index is 12.6. The number of aryl methyl sites for hydroxylation is 1. The Morgan fingerprint density at radius 1 is 1.21 bits per heavy atom. The molecule has 146 valence electrons. The Kier molecular flexibility index (Phi) is 4.73. The molecule has 3 aromatic heterocycles. The zero-order valence-corrected chi connectivity index (χ0v) is 15.6. The molecule has 1 aromatic carbocycles. The average Bonchev–Trinajstić information content (AvgIpc) is 3.42. The van der Waals surface area contributed by atoms with Gasteiger partial charge in [0, 0.05) is 12.5 Å². The van der Waals surface area contributed by atoms with Crippen LogP contribution in [0.25, 0.3) is 11.3 Å². The highest BCUT2D eigenvalue weighted by atomic mass is 16.4. The Bertz CT molecular complexity index is 1190. The Hall–Kier alpha value is -4.08. The lowest BCUT2D eigenvalue weighted by atomic mass is 10.1. The van der Waals surface area contributed by atoms with Crippen molar-refractivity contribution in [2.24, 2.45) is 0 Å². The Labute approximate surface area is 164 Å². The number of amides is 1. The molecule has 4 rings (SSSR count). The van der Waals surface area contributed by atoms with E-state index in [0.717, 1.165) is 11.1 Å². The van der Waals surface area contributed by atoms with Gasteiger partial charge in [-0.1, -0.05) is 23.8 Å². The maximum Gasteiger partial charge on any atom is 0.279 e. The second-order valence-electron chi connectivity index (χ2n) is 6.30. The van der Waals surface area contributed by atoms with Crippen LogP contribution in [0.1, 0.15) is 39.4 Å². The van der Waals surface area contributed by atoms with Gasteiger partial charge in [-0.3, -0.25) is 9.59 Å². The van der Waals surface area contributed by atoms with E-state index in [9.17, 15) is 9.59 Å². The smallest absolute Gasteiger partial charge is 0.279 e. The highest BCUT2D eigenvalue weighted by molar-refractivity contribution is 6.05. The molecule has 0 atom stereocenters. The van der Waals surface area contributed by atoms with Gasteiger partial charge in [0.15, 0.2) is 23.7 Å². The van der Waals surface area contributed by atoms with Crippen LogP contribution in [0.2, 0.25) is 0 Å². The van der Waals surface area contributed by atoms with Crippen molar-refractivity contribution < 1.29 is 18.4 Å². The summed E-state index contributed by atoms with van der Waals surface area (Å²) in [5.74, 6) is 0.310. The number of benzene rings is 1. The van der Waals surface area contributed by atoms with Crippen LogP contribution in [0.3, 0.4) is 0 Å². The standard InChI is InChI=1S/C19H16N6O4/c1-11-4-3-5-13(6-11)17-16(21-10-28-17)18(27)23-15-8-22-25(24-15)9-14-7-20-19(29-14)12(2)26/h3-8,10H,9H2,1-2H3,(H,23,24,27). The Morgan fingerprint density at radius 3 is 2.83 bits per heavy atom. The van der Waals surface area contributed by atoms with Crippen molar-refractivity contribution in [2.45, 2.75) is 20.4 Å². The van der Waals surface area contributed by atoms with Crippen molar-refractivity contribution >= 4 is 17.5 Å². The topological polar surface area (TPSA) is 129 Å². The largest absolute Gasteiger partial charge is 0.443 e. The molecule has 0 radical (unpaired) electrons. The molecule has 0 saturated carbocycles. The molecular formula is C19H16N6O4. The van der Waals surface area contributed by atoms with E-state index in [-0.39, 0.29) is 29.7 Å². The van der Waals surface area contributed by atoms with Gasteiger partial charge in [0.2, 0.25) is 5.78 Å². The van der Waals surface area contributed by atoms with Crippen LogP contribution in [0.5, 0.6) is 0 Å². The number of nitrogens with zero attached hydrogens (tertiary/aromatic N) is 5. The van der Waals surface area contributed by atoms with E-state index in [4.69, 9.17) is 8.83 Å². The second kappa shape index (κ2) is 7.50. The molecule has 0 aliphatic heterocycles. The van der Waals surface area contributed by atoms with Crippen molar-refractivity contribution in [3.05, 3.63) is 66.0 Å². The fourth-order valence-electron chi connectivity index (χ4n) is 2.69. The van der Waals surface area contributed by atoms with Gasteiger partial charge in [-0.15, -0.1) is 5.10 Å². The number of carbonyl (C=O) groups excluding carboxylic acids is 2. The van der Waals surface area contributed by atoms with Gasteiger partial charge in [0.1, 0.15) is 12.3 Å². The van der Waals surface area contributed by atoms with Crippen LogP contribution in [0, 0.1) is 6.92 Å². The lowest BCUT2D eigenvalue weighted by molar-refractivity contribution is 0.0977. The first-order valence-corrected chi connectivity index (χ1v) is 8.67. The molecule has 0 aliphatic rings. The molecule has 0 unspecified atom stereocenters. The minimum absolute atomic E-state index is 0.0235. The highest BCUT2D eigenvalue weighted by Gasteiger charge is 2.19. The van der Waals surface area contributed by atoms with Gasteiger partial charge in [0.05, 0.1) is 12.4 Å². The van der Waals surface area contributed by atoms with Crippen LogP contribution < -0.4 is 5.32 Å². The zero-order chi connectivity index (χ0) is 20.4. The van der Waals surface area contributed by atoms with Crippen LogP contribution in [0.4, 0.5) is 5.82 Å². The van der Waals surface area contributed by atoms with Gasteiger partial charge in [-0.2, -0.15) is 9.90 Å². The number of hydrogen-bond acceptors (Lipinski definition) is 8. The first-order chi connectivity index (χ1) is 14.0. The molecule has 1 N–H and O–H groups in total. The number of aromatic nitrogens is 5. The van der Waals surface area contributed by atoms with Gasteiger partial charge < -0.3 is 14.2 Å². The predicted molar refractivity (Wildman–Crippen MR) is 100 cm³/mol.